The van der Waals surface area contributed by atoms with Crippen molar-refractivity contribution in [2.75, 3.05) is 10.6 Å². The van der Waals surface area contributed by atoms with Crippen molar-refractivity contribution in [2.24, 2.45) is 7.05 Å². The molecular weight excluding hydrogens is 474 g/mol. The number of rotatable bonds is 7. The average Bonchev–Trinajstić information content (AvgIpc) is 3.47. The predicted molar refractivity (Wildman–Crippen MR) is 141 cm³/mol. The SMILES string of the molecule is Cc1cc(NC(=O)CC(=O)Nc2ccccc2)ccc1Oc1ccnc2cc(-c3cncn3C)sc12. The van der Waals surface area contributed by atoms with Crippen LogP contribution in [0.3, 0.4) is 0 Å². The van der Waals surface area contributed by atoms with Gasteiger partial charge < -0.3 is 19.9 Å². The first-order chi connectivity index (χ1) is 17.5. The minimum Gasteiger partial charge on any atom is -0.455 e. The van der Waals surface area contributed by atoms with E-state index in [1.807, 2.05) is 61.1 Å². The summed E-state index contributed by atoms with van der Waals surface area (Å²) in [6, 6.07) is 18.3. The van der Waals surface area contributed by atoms with Crippen LogP contribution in [0.15, 0.2) is 79.4 Å². The smallest absolute Gasteiger partial charge is 0.233 e. The number of para-hydroxylation sites is 1. The zero-order valence-electron chi connectivity index (χ0n) is 19.7. The van der Waals surface area contributed by atoms with E-state index < -0.39 is 5.91 Å². The predicted octanol–water partition coefficient (Wildman–Crippen LogP) is 5.76. The lowest BCUT2D eigenvalue weighted by atomic mass is 10.2. The number of carbonyl (C=O) groups is 2. The van der Waals surface area contributed by atoms with Crippen molar-refractivity contribution in [3.05, 3.63) is 84.9 Å². The van der Waals surface area contributed by atoms with Gasteiger partial charge in [0.2, 0.25) is 11.8 Å². The highest BCUT2D eigenvalue weighted by molar-refractivity contribution is 7.22. The molecule has 5 aromatic rings. The largest absolute Gasteiger partial charge is 0.455 e. The van der Waals surface area contributed by atoms with E-state index in [1.54, 1.807) is 48.1 Å². The number of hydrogen-bond donors (Lipinski definition) is 2. The monoisotopic (exact) mass is 497 g/mol. The third-order valence-corrected chi connectivity index (χ3v) is 6.66. The third-order valence-electron chi connectivity index (χ3n) is 5.50. The van der Waals surface area contributed by atoms with Crippen LogP contribution >= 0.6 is 11.3 Å². The molecule has 2 amide bonds. The van der Waals surface area contributed by atoms with E-state index in [0.717, 1.165) is 26.4 Å². The molecule has 0 unspecified atom stereocenters. The summed E-state index contributed by atoms with van der Waals surface area (Å²) in [5, 5.41) is 5.48. The third kappa shape index (κ3) is 5.11. The molecule has 9 heteroatoms. The molecule has 3 aromatic heterocycles. The fourth-order valence-corrected chi connectivity index (χ4v) is 4.87. The number of benzene rings is 2. The lowest BCUT2D eigenvalue weighted by Crippen LogP contribution is -2.21. The van der Waals surface area contributed by atoms with E-state index in [0.29, 0.717) is 22.9 Å². The molecule has 0 aliphatic rings. The summed E-state index contributed by atoms with van der Waals surface area (Å²) in [7, 11) is 1.96. The summed E-state index contributed by atoms with van der Waals surface area (Å²) in [4.78, 5) is 34.2. The number of fused-ring (bicyclic) bond motifs is 1. The van der Waals surface area contributed by atoms with Gasteiger partial charge in [0.05, 0.1) is 33.3 Å². The van der Waals surface area contributed by atoms with Gasteiger partial charge in [-0.3, -0.25) is 14.6 Å². The Bertz CT molecular complexity index is 1560. The number of nitrogens with one attached hydrogen (secondary N) is 2. The number of anilines is 2. The summed E-state index contributed by atoms with van der Waals surface area (Å²) in [5.74, 6) is 0.598. The van der Waals surface area contributed by atoms with E-state index in [4.69, 9.17) is 4.74 Å². The van der Waals surface area contributed by atoms with Crippen molar-refractivity contribution in [3.63, 3.8) is 0 Å². The van der Waals surface area contributed by atoms with Crippen molar-refractivity contribution in [2.45, 2.75) is 13.3 Å². The fourth-order valence-electron chi connectivity index (χ4n) is 3.75. The first-order valence-corrected chi connectivity index (χ1v) is 12.1. The van der Waals surface area contributed by atoms with Gasteiger partial charge in [0, 0.05) is 30.7 Å². The Hall–Kier alpha value is -4.50. The molecule has 8 nitrogen and oxygen atoms in total. The molecular formula is C27H23N5O3S. The Kier molecular flexibility index (Phi) is 6.46. The second kappa shape index (κ2) is 10.0. The van der Waals surface area contributed by atoms with E-state index in [2.05, 4.69) is 20.6 Å². The maximum absolute atomic E-state index is 12.4. The van der Waals surface area contributed by atoms with Crippen molar-refractivity contribution < 1.29 is 14.3 Å². The maximum Gasteiger partial charge on any atom is 0.233 e. The molecule has 5 rings (SSSR count). The van der Waals surface area contributed by atoms with Crippen molar-refractivity contribution in [1.29, 1.82) is 0 Å². The maximum atomic E-state index is 12.4. The molecule has 0 aliphatic heterocycles. The highest BCUT2D eigenvalue weighted by Crippen LogP contribution is 2.39. The normalized spacial score (nSPS) is 10.8. The second-order valence-electron chi connectivity index (χ2n) is 8.25. The Labute approximate surface area is 211 Å². The Morgan fingerprint density at radius 3 is 2.47 bits per heavy atom. The quantitative estimate of drug-likeness (QED) is 0.278. The van der Waals surface area contributed by atoms with Crippen LogP contribution < -0.4 is 15.4 Å². The standard InChI is InChI=1S/C27H23N5O3S/c1-17-12-19(31-26(34)14-25(33)30-18-6-4-3-5-7-18)8-9-22(17)35-23-10-11-29-20-13-24(36-27(20)23)21-15-28-16-32(21)2/h3-13,15-16H,14H2,1-2H3,(H,30,33)(H,31,34). The first-order valence-electron chi connectivity index (χ1n) is 11.2. The molecule has 0 saturated carbocycles. The minimum atomic E-state index is -0.395. The van der Waals surface area contributed by atoms with Crippen LogP contribution in [-0.2, 0) is 16.6 Å². The Morgan fingerprint density at radius 1 is 0.972 bits per heavy atom. The molecule has 0 bridgehead atoms. The lowest BCUT2D eigenvalue weighted by molar-refractivity contribution is -0.123. The van der Waals surface area contributed by atoms with Crippen LogP contribution in [0, 0.1) is 6.92 Å². The van der Waals surface area contributed by atoms with Crippen molar-refractivity contribution in [3.8, 4) is 22.1 Å². The average molecular weight is 498 g/mol. The van der Waals surface area contributed by atoms with E-state index >= 15 is 0 Å². The molecule has 0 radical (unpaired) electrons. The second-order valence-corrected chi connectivity index (χ2v) is 9.30. The molecule has 180 valence electrons. The molecule has 0 saturated heterocycles. The number of aryl methyl sites for hydroxylation is 2. The van der Waals surface area contributed by atoms with Crippen LogP contribution in [0.2, 0.25) is 0 Å². The number of carbonyl (C=O) groups excluding carboxylic acids is 2. The molecule has 0 spiro atoms. The van der Waals surface area contributed by atoms with Gasteiger partial charge in [-0.1, -0.05) is 18.2 Å². The van der Waals surface area contributed by atoms with Crippen LogP contribution in [0.25, 0.3) is 20.8 Å². The zero-order valence-corrected chi connectivity index (χ0v) is 20.5. The van der Waals surface area contributed by atoms with Crippen LogP contribution in [0.4, 0.5) is 11.4 Å². The van der Waals surface area contributed by atoms with Crippen LogP contribution in [0.1, 0.15) is 12.0 Å². The van der Waals surface area contributed by atoms with E-state index in [9.17, 15) is 9.59 Å². The fraction of sp³-hybridized carbons (Fsp3) is 0.111. The summed E-state index contributed by atoms with van der Waals surface area (Å²) in [6.45, 7) is 1.90. The lowest BCUT2D eigenvalue weighted by Gasteiger charge is -2.12. The van der Waals surface area contributed by atoms with Gasteiger partial charge in [-0.25, -0.2) is 4.98 Å². The van der Waals surface area contributed by atoms with Crippen molar-refractivity contribution in [1.82, 2.24) is 14.5 Å². The molecule has 0 atom stereocenters. The van der Waals surface area contributed by atoms with E-state index in [-0.39, 0.29) is 12.3 Å². The number of imidazole rings is 1. The molecule has 36 heavy (non-hydrogen) atoms. The van der Waals surface area contributed by atoms with Gasteiger partial charge in [-0.2, -0.15) is 0 Å². The minimum absolute atomic E-state index is 0.279. The molecule has 2 N–H and O–H groups in total. The first kappa shape index (κ1) is 23.3. The van der Waals surface area contributed by atoms with Crippen molar-refractivity contribution >= 4 is 44.7 Å². The zero-order chi connectivity index (χ0) is 25.1. The number of pyridine rings is 1. The number of ether oxygens (including phenoxy) is 1. The van der Waals surface area contributed by atoms with Gasteiger partial charge in [-0.05, 0) is 48.9 Å². The number of aromatic nitrogens is 3. The highest BCUT2D eigenvalue weighted by atomic mass is 32.1. The van der Waals surface area contributed by atoms with Gasteiger partial charge >= 0.3 is 0 Å². The van der Waals surface area contributed by atoms with Gasteiger partial charge in [-0.15, -0.1) is 11.3 Å². The molecule has 2 aromatic carbocycles. The number of thiophene rings is 1. The number of hydrogen-bond acceptors (Lipinski definition) is 6. The molecule has 0 fully saturated rings. The molecule has 3 heterocycles. The summed E-state index contributed by atoms with van der Waals surface area (Å²) in [6.07, 6.45) is 5.04. The molecule has 0 aliphatic carbocycles. The van der Waals surface area contributed by atoms with Gasteiger partial charge in [0.15, 0.2) is 0 Å². The highest BCUT2D eigenvalue weighted by Gasteiger charge is 2.15. The summed E-state index contributed by atoms with van der Waals surface area (Å²) in [5.41, 5.74) is 3.94. The number of nitrogens with zero attached hydrogens (tertiary/aromatic N) is 3. The Balaban J connectivity index is 1.27. The number of amides is 2. The summed E-state index contributed by atoms with van der Waals surface area (Å²) < 4.78 is 9.15. The van der Waals surface area contributed by atoms with Gasteiger partial charge in [0.1, 0.15) is 17.9 Å². The van der Waals surface area contributed by atoms with E-state index in [1.165, 1.54) is 0 Å². The van der Waals surface area contributed by atoms with Crippen LogP contribution in [-0.4, -0.2) is 26.3 Å². The Morgan fingerprint density at radius 2 is 1.75 bits per heavy atom. The topological polar surface area (TPSA) is 98.1 Å². The van der Waals surface area contributed by atoms with Crippen LogP contribution in [0.5, 0.6) is 11.5 Å². The van der Waals surface area contributed by atoms with Gasteiger partial charge in [0.25, 0.3) is 0 Å². The summed E-state index contributed by atoms with van der Waals surface area (Å²) >= 11 is 1.60.